The summed E-state index contributed by atoms with van der Waals surface area (Å²) in [5, 5.41) is 0. The molecule has 0 N–H and O–H groups in total. The minimum absolute atomic E-state index is 0.840. The largest absolute Gasteiger partial charge is 0.637 e. The highest BCUT2D eigenvalue weighted by molar-refractivity contribution is 6.42. The maximum absolute atomic E-state index is 14.1. The lowest BCUT2D eigenvalue weighted by molar-refractivity contribution is 0.364. The van der Waals surface area contributed by atoms with Crippen molar-refractivity contribution in [1.82, 2.24) is 4.48 Å². The third-order valence-electron chi connectivity index (χ3n) is 3.61. The van der Waals surface area contributed by atoms with Crippen LogP contribution in [0.25, 0.3) is 5.57 Å². The molecule has 1 aromatic heterocycles. The molecule has 0 atom stereocenters. The summed E-state index contributed by atoms with van der Waals surface area (Å²) in [6.45, 7) is 9.84. The van der Waals surface area contributed by atoms with Gasteiger partial charge in [-0.3, -0.25) is 9.31 Å². The number of allylic oxidation sites excluding steroid dienone is 3. The van der Waals surface area contributed by atoms with Crippen molar-refractivity contribution in [2.75, 3.05) is 7.11 Å². The van der Waals surface area contributed by atoms with Crippen molar-refractivity contribution < 1.29 is 8.97 Å². The molecule has 0 bridgehead atoms. The molecule has 106 valence electrons. The minimum atomic E-state index is -1.48. The summed E-state index contributed by atoms with van der Waals surface area (Å²) in [5.41, 5.74) is 6.70. The summed E-state index contributed by atoms with van der Waals surface area (Å²) in [5.74, 6) is 0. The number of aromatic nitrogens is 1. The van der Waals surface area contributed by atoms with Crippen molar-refractivity contribution in [1.29, 1.82) is 0 Å². The smallest absolute Gasteiger partial charge is 0.391 e. The molecule has 1 aromatic rings. The number of rotatable bonds is 3. The van der Waals surface area contributed by atoms with Gasteiger partial charge in [0.1, 0.15) is 0 Å². The summed E-state index contributed by atoms with van der Waals surface area (Å²) in [6, 6.07) is 1.97. The molecule has 0 saturated heterocycles. The zero-order valence-corrected chi connectivity index (χ0v) is 12.9. The second-order valence-electron chi connectivity index (χ2n) is 5.27. The lowest BCUT2D eigenvalue weighted by atomic mass is 10.0. The fraction of sp³-hybridized carbons (Fsp3) is 0.400. The zero-order valence-electron chi connectivity index (χ0n) is 12.9. The summed E-state index contributed by atoms with van der Waals surface area (Å²) < 4.78 is 20.5. The average Bonchev–Trinajstić information content (AvgIpc) is 2.86. The van der Waals surface area contributed by atoms with E-state index in [1.807, 2.05) is 46.8 Å². The minimum Gasteiger partial charge on any atom is -0.391 e. The Kier molecular flexibility index (Phi) is 4.00. The van der Waals surface area contributed by atoms with Crippen LogP contribution in [-0.4, -0.2) is 24.6 Å². The van der Waals surface area contributed by atoms with Gasteiger partial charge in [0, 0.05) is 24.2 Å². The Balaban J connectivity index is 2.65. The number of aryl methyl sites for hydroxylation is 2. The fourth-order valence-corrected chi connectivity index (χ4v) is 2.83. The van der Waals surface area contributed by atoms with E-state index in [2.05, 4.69) is 4.99 Å². The Labute approximate surface area is 120 Å². The first-order chi connectivity index (χ1) is 9.36. The topological polar surface area (TPSA) is 26.5 Å². The lowest BCUT2D eigenvalue weighted by Crippen LogP contribution is -2.25. The molecule has 1 aliphatic rings. The molecule has 0 fully saturated rings. The van der Waals surface area contributed by atoms with Crippen molar-refractivity contribution in [3.63, 3.8) is 0 Å². The molecule has 2 heterocycles. The van der Waals surface area contributed by atoms with Crippen LogP contribution in [0.3, 0.4) is 0 Å². The maximum atomic E-state index is 14.1. The Bertz CT molecular complexity index is 641. The van der Waals surface area contributed by atoms with Crippen LogP contribution in [0.1, 0.15) is 37.7 Å². The molecule has 2 rings (SSSR count). The molecular formula is C15H20BFN2O. The van der Waals surface area contributed by atoms with E-state index in [0.29, 0.717) is 0 Å². The molecule has 0 amide bonds. The third kappa shape index (κ3) is 2.38. The van der Waals surface area contributed by atoms with Gasteiger partial charge < -0.3 is 9.13 Å². The van der Waals surface area contributed by atoms with Crippen LogP contribution < -0.4 is 0 Å². The first-order valence-corrected chi connectivity index (χ1v) is 6.67. The van der Waals surface area contributed by atoms with Gasteiger partial charge >= 0.3 is 7.33 Å². The van der Waals surface area contributed by atoms with E-state index in [9.17, 15) is 4.32 Å². The standard InChI is InChI=1S/C15H20BFN2O/c1-9-7-11(3)18-14(9)13(5)15-10(2)8-12(4)19(15)16(17)20-6/h7-8H,1-6H3/b14-13-. The van der Waals surface area contributed by atoms with Crippen molar-refractivity contribution in [2.24, 2.45) is 4.99 Å². The van der Waals surface area contributed by atoms with Crippen molar-refractivity contribution in [2.45, 2.75) is 34.6 Å². The molecule has 0 aliphatic carbocycles. The van der Waals surface area contributed by atoms with E-state index < -0.39 is 7.33 Å². The molecule has 1 aliphatic heterocycles. The second-order valence-corrected chi connectivity index (χ2v) is 5.27. The molecule has 0 saturated carbocycles. The van der Waals surface area contributed by atoms with E-state index in [-0.39, 0.29) is 0 Å². The number of halogens is 1. The Morgan fingerprint density at radius 3 is 2.45 bits per heavy atom. The second kappa shape index (κ2) is 5.41. The van der Waals surface area contributed by atoms with Gasteiger partial charge in [0.25, 0.3) is 0 Å². The van der Waals surface area contributed by atoms with Crippen LogP contribution in [0.2, 0.25) is 0 Å². The molecule has 0 unspecified atom stereocenters. The Hall–Kier alpha value is -1.62. The molecule has 20 heavy (non-hydrogen) atoms. The highest BCUT2D eigenvalue weighted by atomic mass is 19.1. The molecule has 0 aromatic carbocycles. The Morgan fingerprint density at radius 2 is 1.95 bits per heavy atom. The van der Waals surface area contributed by atoms with Gasteiger partial charge in [0.05, 0.1) is 5.70 Å². The van der Waals surface area contributed by atoms with Gasteiger partial charge in [-0.1, -0.05) is 0 Å². The molecule has 0 radical (unpaired) electrons. The van der Waals surface area contributed by atoms with E-state index >= 15 is 0 Å². The van der Waals surface area contributed by atoms with Crippen LogP contribution >= 0.6 is 0 Å². The van der Waals surface area contributed by atoms with Crippen molar-refractivity contribution in [3.8, 4) is 0 Å². The SMILES string of the molecule is COB(F)n1c(C)cc(C)c1/C(C)=C1\N=C(C)C=C1C. The van der Waals surface area contributed by atoms with Crippen LogP contribution in [0.4, 0.5) is 4.32 Å². The van der Waals surface area contributed by atoms with Gasteiger partial charge in [-0.05, 0) is 63.5 Å². The summed E-state index contributed by atoms with van der Waals surface area (Å²) in [4.78, 5) is 4.55. The zero-order chi connectivity index (χ0) is 15.0. The monoisotopic (exact) mass is 274 g/mol. The van der Waals surface area contributed by atoms with E-state index in [0.717, 1.165) is 39.5 Å². The van der Waals surface area contributed by atoms with Gasteiger partial charge in [0.2, 0.25) is 0 Å². The number of hydrogen-bond donors (Lipinski definition) is 0. The molecular weight excluding hydrogens is 254 g/mol. The summed E-state index contributed by atoms with van der Waals surface area (Å²) in [7, 11) is -0.112. The van der Waals surface area contributed by atoms with Crippen LogP contribution in [-0.2, 0) is 4.65 Å². The highest BCUT2D eigenvalue weighted by Gasteiger charge is 2.26. The maximum Gasteiger partial charge on any atom is 0.637 e. The molecule has 3 nitrogen and oxygen atoms in total. The van der Waals surface area contributed by atoms with Gasteiger partial charge in [-0.15, -0.1) is 0 Å². The predicted octanol–water partition coefficient (Wildman–Crippen LogP) is 3.71. The predicted molar refractivity (Wildman–Crippen MR) is 82.6 cm³/mol. The molecule has 5 heteroatoms. The van der Waals surface area contributed by atoms with Crippen molar-refractivity contribution >= 4 is 18.6 Å². The van der Waals surface area contributed by atoms with Gasteiger partial charge in [0.15, 0.2) is 0 Å². The highest BCUT2D eigenvalue weighted by Crippen LogP contribution is 2.31. The summed E-state index contributed by atoms with van der Waals surface area (Å²) >= 11 is 0. The van der Waals surface area contributed by atoms with Crippen molar-refractivity contribution in [3.05, 3.63) is 40.4 Å². The Morgan fingerprint density at radius 1 is 1.30 bits per heavy atom. The van der Waals surface area contributed by atoms with E-state index in [1.165, 1.54) is 7.11 Å². The first-order valence-electron chi connectivity index (χ1n) is 6.67. The van der Waals surface area contributed by atoms with Gasteiger partial charge in [-0.25, -0.2) is 0 Å². The number of hydrogen-bond acceptors (Lipinski definition) is 2. The van der Waals surface area contributed by atoms with Crippen LogP contribution in [0, 0.1) is 13.8 Å². The fourth-order valence-electron chi connectivity index (χ4n) is 2.83. The van der Waals surface area contributed by atoms with E-state index in [4.69, 9.17) is 4.65 Å². The number of nitrogens with zero attached hydrogens (tertiary/aromatic N) is 2. The number of aliphatic imine (C=N–C) groups is 1. The third-order valence-corrected chi connectivity index (χ3v) is 3.61. The average molecular weight is 274 g/mol. The summed E-state index contributed by atoms with van der Waals surface area (Å²) in [6.07, 6.45) is 2.04. The quantitative estimate of drug-likeness (QED) is 0.772. The van der Waals surface area contributed by atoms with Crippen LogP contribution in [0.5, 0.6) is 0 Å². The molecule has 0 spiro atoms. The van der Waals surface area contributed by atoms with Gasteiger partial charge in [-0.2, -0.15) is 0 Å². The van der Waals surface area contributed by atoms with E-state index in [1.54, 1.807) is 4.48 Å². The lowest BCUT2D eigenvalue weighted by Gasteiger charge is -2.14. The first kappa shape index (κ1) is 14.8. The van der Waals surface area contributed by atoms with Crippen LogP contribution in [0.15, 0.2) is 28.4 Å². The normalized spacial score (nSPS) is 17.1.